The van der Waals surface area contributed by atoms with Crippen LogP contribution in [0.15, 0.2) is 29.3 Å². The quantitative estimate of drug-likeness (QED) is 0.317. The molecule has 1 aromatic rings. The molecule has 0 spiro atoms. The standard InChI is InChI=1S/C18H28F4N4/c1-17(2,14-7-5-8-15(19)11-14)12-25-16(23-3)24-9-6-10-26(4)13-18(20,21)22/h5,7-8,11H,6,9-10,12-13H2,1-4H3,(H2,23,24,25). The fraction of sp³-hybridized carbons (Fsp3) is 0.611. The lowest BCUT2D eigenvalue weighted by atomic mass is 9.84. The highest BCUT2D eigenvalue weighted by Crippen LogP contribution is 2.22. The van der Waals surface area contributed by atoms with Crippen LogP contribution in [0.1, 0.15) is 25.8 Å². The zero-order chi connectivity index (χ0) is 19.8. The van der Waals surface area contributed by atoms with E-state index in [1.54, 1.807) is 13.1 Å². The molecule has 8 heteroatoms. The van der Waals surface area contributed by atoms with Crippen molar-refractivity contribution in [3.63, 3.8) is 0 Å². The smallest absolute Gasteiger partial charge is 0.356 e. The van der Waals surface area contributed by atoms with Crippen LogP contribution in [0.3, 0.4) is 0 Å². The van der Waals surface area contributed by atoms with Crippen molar-refractivity contribution in [2.45, 2.75) is 31.9 Å². The van der Waals surface area contributed by atoms with Gasteiger partial charge < -0.3 is 10.6 Å². The third kappa shape index (κ3) is 8.51. The van der Waals surface area contributed by atoms with E-state index >= 15 is 0 Å². The van der Waals surface area contributed by atoms with Crippen LogP contribution in [0, 0.1) is 5.82 Å². The summed E-state index contributed by atoms with van der Waals surface area (Å²) in [7, 11) is 3.07. The second-order valence-corrected chi connectivity index (χ2v) is 6.95. The Labute approximate surface area is 152 Å². The molecule has 0 unspecified atom stereocenters. The maximum absolute atomic E-state index is 13.4. The van der Waals surface area contributed by atoms with Crippen LogP contribution in [0.25, 0.3) is 0 Å². The predicted octanol–water partition coefficient (Wildman–Crippen LogP) is 3.15. The van der Waals surface area contributed by atoms with Crippen molar-refractivity contribution in [3.05, 3.63) is 35.6 Å². The summed E-state index contributed by atoms with van der Waals surface area (Å²) in [6, 6.07) is 6.46. The third-order valence-electron chi connectivity index (χ3n) is 3.99. The molecule has 1 rings (SSSR count). The summed E-state index contributed by atoms with van der Waals surface area (Å²) in [6.07, 6.45) is -3.62. The lowest BCUT2D eigenvalue weighted by Gasteiger charge is -2.27. The first-order chi connectivity index (χ1) is 12.0. The van der Waals surface area contributed by atoms with Crippen LogP contribution >= 0.6 is 0 Å². The van der Waals surface area contributed by atoms with E-state index in [1.807, 2.05) is 19.9 Å². The topological polar surface area (TPSA) is 39.7 Å². The molecule has 0 fully saturated rings. The molecule has 0 aliphatic rings. The first-order valence-electron chi connectivity index (χ1n) is 8.49. The van der Waals surface area contributed by atoms with Crippen molar-refractivity contribution in [1.29, 1.82) is 0 Å². The molecule has 0 aliphatic carbocycles. The summed E-state index contributed by atoms with van der Waals surface area (Å²) in [5.41, 5.74) is 0.557. The van der Waals surface area contributed by atoms with Crippen molar-refractivity contribution in [2.24, 2.45) is 4.99 Å². The number of rotatable bonds is 8. The van der Waals surface area contributed by atoms with Crippen molar-refractivity contribution < 1.29 is 17.6 Å². The maximum atomic E-state index is 13.4. The Balaban J connectivity index is 2.39. The van der Waals surface area contributed by atoms with Gasteiger partial charge in [-0.05, 0) is 37.7 Å². The molecule has 0 radical (unpaired) electrons. The fourth-order valence-electron chi connectivity index (χ4n) is 2.48. The predicted molar refractivity (Wildman–Crippen MR) is 97.0 cm³/mol. The molecule has 0 saturated carbocycles. The Bertz CT molecular complexity index is 585. The number of aliphatic imine (C=N–C) groups is 1. The summed E-state index contributed by atoms with van der Waals surface area (Å²) in [4.78, 5) is 5.35. The fourth-order valence-corrected chi connectivity index (χ4v) is 2.48. The summed E-state index contributed by atoms with van der Waals surface area (Å²) in [5.74, 6) is 0.286. The molecule has 0 bridgehead atoms. The molecular formula is C18H28F4N4. The van der Waals surface area contributed by atoms with Crippen LogP contribution in [0.5, 0.6) is 0 Å². The normalized spacial score (nSPS) is 13.2. The minimum Gasteiger partial charge on any atom is -0.356 e. The molecule has 0 amide bonds. The molecule has 1 aromatic carbocycles. The highest BCUT2D eigenvalue weighted by Gasteiger charge is 2.28. The van der Waals surface area contributed by atoms with Gasteiger partial charge in [-0.1, -0.05) is 26.0 Å². The van der Waals surface area contributed by atoms with Gasteiger partial charge in [0.05, 0.1) is 6.54 Å². The monoisotopic (exact) mass is 376 g/mol. The SMILES string of the molecule is CN=C(NCCCN(C)CC(F)(F)F)NCC(C)(C)c1cccc(F)c1. The van der Waals surface area contributed by atoms with Gasteiger partial charge in [0.1, 0.15) is 5.82 Å². The summed E-state index contributed by atoms with van der Waals surface area (Å²) >= 11 is 0. The van der Waals surface area contributed by atoms with Crippen LogP contribution in [-0.4, -0.2) is 57.3 Å². The first-order valence-corrected chi connectivity index (χ1v) is 8.49. The highest BCUT2D eigenvalue weighted by atomic mass is 19.4. The van der Waals surface area contributed by atoms with E-state index in [4.69, 9.17) is 0 Å². The van der Waals surface area contributed by atoms with Gasteiger partial charge in [-0.3, -0.25) is 9.89 Å². The minimum absolute atomic E-state index is 0.277. The molecule has 0 saturated heterocycles. The molecular weight excluding hydrogens is 348 g/mol. The van der Waals surface area contributed by atoms with Crippen LogP contribution in [-0.2, 0) is 5.41 Å². The summed E-state index contributed by atoms with van der Waals surface area (Å²) in [6.45, 7) is 4.44. The zero-order valence-electron chi connectivity index (χ0n) is 15.8. The number of guanidine groups is 1. The van der Waals surface area contributed by atoms with E-state index in [0.717, 1.165) is 5.56 Å². The molecule has 0 aliphatic heterocycles. The van der Waals surface area contributed by atoms with Crippen LogP contribution in [0.2, 0.25) is 0 Å². The number of hydrogen-bond acceptors (Lipinski definition) is 2. The Kier molecular flexibility index (Phi) is 8.33. The summed E-state index contributed by atoms with van der Waals surface area (Å²) in [5, 5.41) is 6.26. The van der Waals surface area contributed by atoms with Crippen LogP contribution < -0.4 is 10.6 Å². The molecule has 148 valence electrons. The lowest BCUT2D eigenvalue weighted by molar-refractivity contribution is -0.143. The number of benzene rings is 1. The van der Waals surface area contributed by atoms with Crippen molar-refractivity contribution in [3.8, 4) is 0 Å². The summed E-state index contributed by atoms with van der Waals surface area (Å²) < 4.78 is 50.2. The zero-order valence-corrected chi connectivity index (χ0v) is 15.8. The maximum Gasteiger partial charge on any atom is 0.401 e. The van der Waals surface area contributed by atoms with Crippen LogP contribution in [0.4, 0.5) is 17.6 Å². The van der Waals surface area contributed by atoms with E-state index in [9.17, 15) is 17.6 Å². The molecule has 26 heavy (non-hydrogen) atoms. The Morgan fingerprint density at radius 3 is 2.46 bits per heavy atom. The number of halogens is 4. The van der Waals surface area contributed by atoms with Gasteiger partial charge in [0.15, 0.2) is 5.96 Å². The molecule has 0 heterocycles. The average molecular weight is 376 g/mol. The molecule has 2 N–H and O–H groups in total. The van der Waals surface area contributed by atoms with E-state index in [0.29, 0.717) is 32.0 Å². The van der Waals surface area contributed by atoms with Crippen molar-refractivity contribution in [1.82, 2.24) is 15.5 Å². The van der Waals surface area contributed by atoms with Gasteiger partial charge in [0, 0.05) is 25.6 Å². The lowest BCUT2D eigenvalue weighted by Crippen LogP contribution is -2.44. The third-order valence-corrected chi connectivity index (χ3v) is 3.99. The molecule has 0 aromatic heterocycles. The molecule has 4 nitrogen and oxygen atoms in total. The van der Waals surface area contributed by atoms with Gasteiger partial charge >= 0.3 is 6.18 Å². The number of alkyl halides is 3. The Morgan fingerprint density at radius 2 is 1.88 bits per heavy atom. The number of nitrogens with one attached hydrogen (secondary N) is 2. The second kappa shape index (κ2) is 9.75. The molecule has 0 atom stereocenters. The van der Waals surface area contributed by atoms with Gasteiger partial charge in [-0.15, -0.1) is 0 Å². The Morgan fingerprint density at radius 1 is 1.19 bits per heavy atom. The van der Waals surface area contributed by atoms with Gasteiger partial charge in [-0.2, -0.15) is 13.2 Å². The Hall–Kier alpha value is -1.83. The number of hydrogen-bond donors (Lipinski definition) is 2. The first kappa shape index (κ1) is 22.2. The number of nitrogens with zero attached hydrogens (tertiary/aromatic N) is 2. The van der Waals surface area contributed by atoms with Gasteiger partial charge in [-0.25, -0.2) is 4.39 Å². The average Bonchev–Trinajstić information content (AvgIpc) is 2.52. The second-order valence-electron chi connectivity index (χ2n) is 6.95. The minimum atomic E-state index is -4.18. The van der Waals surface area contributed by atoms with Crippen molar-refractivity contribution >= 4 is 5.96 Å². The van der Waals surface area contributed by atoms with Gasteiger partial charge in [0.2, 0.25) is 0 Å². The van der Waals surface area contributed by atoms with E-state index in [-0.39, 0.29) is 11.2 Å². The van der Waals surface area contributed by atoms with E-state index in [1.165, 1.54) is 24.1 Å². The largest absolute Gasteiger partial charge is 0.401 e. The van der Waals surface area contributed by atoms with E-state index < -0.39 is 12.7 Å². The van der Waals surface area contributed by atoms with Gasteiger partial charge in [0.25, 0.3) is 0 Å². The van der Waals surface area contributed by atoms with Crippen molar-refractivity contribution in [2.75, 3.05) is 40.3 Å². The van der Waals surface area contributed by atoms with E-state index in [2.05, 4.69) is 15.6 Å². The highest BCUT2D eigenvalue weighted by molar-refractivity contribution is 5.79.